The summed E-state index contributed by atoms with van der Waals surface area (Å²) in [6, 6.07) is 41.6. The Morgan fingerprint density at radius 1 is 0.561 bits per heavy atom. The van der Waals surface area contributed by atoms with Crippen molar-refractivity contribution in [3.8, 4) is 23.1 Å². The summed E-state index contributed by atoms with van der Waals surface area (Å²) in [4.78, 5) is 8.74. The number of para-hydroxylation sites is 2. The molecule has 0 spiro atoms. The molecule has 7 heteroatoms. The van der Waals surface area contributed by atoms with Crippen molar-refractivity contribution in [2.75, 3.05) is 0 Å². The molecule has 0 radical (unpaired) electrons. The van der Waals surface area contributed by atoms with E-state index in [1.807, 2.05) is 77.4 Å². The minimum Gasteiger partial charge on any atom is -0.509 e. The van der Waals surface area contributed by atoms with Crippen molar-refractivity contribution in [2.24, 2.45) is 0 Å². The number of benzene rings is 4. The van der Waals surface area contributed by atoms with E-state index in [0.717, 1.165) is 49.4 Å². The van der Waals surface area contributed by atoms with E-state index in [4.69, 9.17) is 4.74 Å². The first-order valence-corrected chi connectivity index (χ1v) is 12.9. The van der Waals surface area contributed by atoms with Gasteiger partial charge in [0.2, 0.25) is 5.95 Å². The SMILES string of the molecule is Fc1cccc(-n2c3[c-]c(Oc4[c-]c5c(cc4)c4ccccc4n5-c4ccccn4)ccc3c3ccccc32)n1.[Pt+2]. The van der Waals surface area contributed by atoms with Gasteiger partial charge in [0.1, 0.15) is 11.6 Å². The van der Waals surface area contributed by atoms with E-state index in [1.54, 1.807) is 18.3 Å². The summed E-state index contributed by atoms with van der Waals surface area (Å²) in [5.74, 6) is 1.82. The van der Waals surface area contributed by atoms with Gasteiger partial charge in [0.25, 0.3) is 0 Å². The summed E-state index contributed by atoms with van der Waals surface area (Å²) < 4.78 is 24.5. The minimum atomic E-state index is -0.540. The quantitative estimate of drug-likeness (QED) is 0.137. The summed E-state index contributed by atoms with van der Waals surface area (Å²) in [6.07, 6.45) is 1.78. The van der Waals surface area contributed by atoms with Crippen molar-refractivity contribution in [1.82, 2.24) is 19.1 Å². The van der Waals surface area contributed by atoms with Crippen LogP contribution in [0.25, 0.3) is 55.2 Å². The summed E-state index contributed by atoms with van der Waals surface area (Å²) in [7, 11) is 0. The number of pyridine rings is 2. The zero-order valence-corrected chi connectivity index (χ0v) is 23.6. The summed E-state index contributed by atoms with van der Waals surface area (Å²) in [5.41, 5.74) is 3.58. The van der Waals surface area contributed by atoms with Crippen LogP contribution in [0.1, 0.15) is 0 Å². The Labute approximate surface area is 248 Å². The number of hydrogen-bond acceptors (Lipinski definition) is 3. The van der Waals surface area contributed by atoms with Crippen LogP contribution in [0.15, 0.2) is 115 Å². The van der Waals surface area contributed by atoms with Crippen molar-refractivity contribution >= 4 is 43.6 Å². The van der Waals surface area contributed by atoms with E-state index < -0.39 is 5.95 Å². The molecule has 4 aromatic heterocycles. The second-order valence-corrected chi connectivity index (χ2v) is 9.48. The number of hydrogen-bond donors (Lipinski definition) is 0. The van der Waals surface area contributed by atoms with Gasteiger partial charge in [-0.3, -0.25) is 0 Å². The molecule has 0 saturated heterocycles. The van der Waals surface area contributed by atoms with E-state index in [1.165, 1.54) is 6.07 Å². The molecule has 0 fully saturated rings. The molecule has 0 aliphatic carbocycles. The monoisotopic (exact) mass is 713 g/mol. The van der Waals surface area contributed by atoms with Gasteiger partial charge in [0.05, 0.1) is 0 Å². The molecular formula is C34H19FN4OPt. The van der Waals surface area contributed by atoms with E-state index in [0.29, 0.717) is 17.3 Å². The fraction of sp³-hybridized carbons (Fsp3) is 0. The third-order valence-electron chi connectivity index (χ3n) is 7.14. The molecule has 0 aliphatic rings. The van der Waals surface area contributed by atoms with Gasteiger partial charge in [0, 0.05) is 28.7 Å². The maximum Gasteiger partial charge on any atom is 2.00 e. The Morgan fingerprint density at radius 2 is 1.12 bits per heavy atom. The van der Waals surface area contributed by atoms with Crippen molar-refractivity contribution in [3.63, 3.8) is 0 Å². The van der Waals surface area contributed by atoms with Crippen LogP contribution in [0.2, 0.25) is 0 Å². The molecule has 5 nitrogen and oxygen atoms in total. The number of ether oxygens (including phenoxy) is 1. The van der Waals surface area contributed by atoms with Crippen LogP contribution >= 0.6 is 0 Å². The molecule has 41 heavy (non-hydrogen) atoms. The van der Waals surface area contributed by atoms with Crippen molar-refractivity contribution in [1.29, 1.82) is 0 Å². The number of fused-ring (bicyclic) bond motifs is 6. The smallest absolute Gasteiger partial charge is 0.509 e. The number of nitrogens with zero attached hydrogens (tertiary/aromatic N) is 4. The minimum absolute atomic E-state index is 0. The predicted octanol–water partition coefficient (Wildman–Crippen LogP) is 8.20. The third-order valence-corrected chi connectivity index (χ3v) is 7.14. The Kier molecular flexibility index (Phi) is 6.14. The van der Waals surface area contributed by atoms with Gasteiger partial charge in [-0.25, -0.2) is 9.97 Å². The van der Waals surface area contributed by atoms with Crippen LogP contribution in [0.4, 0.5) is 4.39 Å². The van der Waals surface area contributed by atoms with Crippen molar-refractivity contribution < 1.29 is 30.2 Å². The third kappa shape index (κ3) is 4.11. The van der Waals surface area contributed by atoms with Gasteiger partial charge in [-0.1, -0.05) is 59.6 Å². The van der Waals surface area contributed by atoms with Crippen molar-refractivity contribution in [3.05, 3.63) is 133 Å². The standard InChI is InChI=1S/C34H19FN4O.Pt/c35-32-12-7-14-34(37-32)39-29-11-4-2-9-25(29)27-18-16-23(21-31(27)39)40-22-15-17-26-24-8-1-3-10-28(24)38(30(26)20-22)33-13-5-6-19-36-33;/h1-19H;/q-2;+2. The van der Waals surface area contributed by atoms with Gasteiger partial charge in [-0.15, -0.1) is 35.0 Å². The van der Waals surface area contributed by atoms with Gasteiger partial charge in [-0.2, -0.15) is 16.5 Å². The number of halogens is 1. The Bertz CT molecular complexity index is 2220. The number of aromatic nitrogens is 4. The average molecular weight is 714 g/mol. The molecule has 0 amide bonds. The van der Waals surface area contributed by atoms with Gasteiger partial charge >= 0.3 is 21.1 Å². The zero-order valence-electron chi connectivity index (χ0n) is 21.4. The molecule has 8 aromatic rings. The summed E-state index contributed by atoms with van der Waals surface area (Å²) in [6.45, 7) is 0. The fourth-order valence-electron chi connectivity index (χ4n) is 5.47. The Hall–Kier alpha value is -4.80. The number of rotatable bonds is 4. The Balaban J connectivity index is 0.00000276. The van der Waals surface area contributed by atoms with Crippen LogP contribution in [-0.4, -0.2) is 19.1 Å². The largest absolute Gasteiger partial charge is 2.00 e. The topological polar surface area (TPSA) is 44.9 Å². The fourth-order valence-corrected chi connectivity index (χ4v) is 5.47. The van der Waals surface area contributed by atoms with Crippen LogP contribution in [-0.2, 0) is 21.1 Å². The molecule has 0 atom stereocenters. The normalized spacial score (nSPS) is 11.3. The van der Waals surface area contributed by atoms with E-state index >= 15 is 0 Å². The summed E-state index contributed by atoms with van der Waals surface area (Å²) in [5, 5.41) is 4.18. The molecule has 0 N–H and O–H groups in total. The van der Waals surface area contributed by atoms with E-state index in [-0.39, 0.29) is 21.1 Å². The van der Waals surface area contributed by atoms with Crippen LogP contribution < -0.4 is 4.74 Å². The average Bonchev–Trinajstić information content (AvgIpc) is 3.50. The second kappa shape index (κ2) is 9.99. The molecule has 8 rings (SSSR count). The molecule has 0 saturated carbocycles. The molecule has 0 bridgehead atoms. The molecule has 0 aliphatic heterocycles. The molecular weight excluding hydrogens is 694 g/mol. The molecule has 4 aromatic carbocycles. The Morgan fingerprint density at radius 3 is 1.71 bits per heavy atom. The van der Waals surface area contributed by atoms with E-state index in [2.05, 4.69) is 44.9 Å². The van der Waals surface area contributed by atoms with E-state index in [9.17, 15) is 4.39 Å². The second-order valence-electron chi connectivity index (χ2n) is 9.48. The van der Waals surface area contributed by atoms with Crippen LogP contribution in [0.3, 0.4) is 0 Å². The molecule has 0 unspecified atom stereocenters. The molecule has 198 valence electrons. The zero-order chi connectivity index (χ0) is 26.6. The first-order chi connectivity index (χ1) is 19.7. The van der Waals surface area contributed by atoms with Gasteiger partial charge in [0.15, 0.2) is 0 Å². The van der Waals surface area contributed by atoms with Crippen molar-refractivity contribution in [2.45, 2.75) is 0 Å². The van der Waals surface area contributed by atoms with Crippen LogP contribution in [0.5, 0.6) is 11.5 Å². The van der Waals surface area contributed by atoms with Gasteiger partial charge in [-0.05, 0) is 47.2 Å². The maximum absolute atomic E-state index is 14.1. The van der Waals surface area contributed by atoms with Crippen LogP contribution in [0, 0.1) is 18.1 Å². The first kappa shape index (κ1) is 25.2. The summed E-state index contributed by atoms with van der Waals surface area (Å²) >= 11 is 0. The maximum atomic E-state index is 14.1. The molecule has 4 heterocycles. The van der Waals surface area contributed by atoms with Gasteiger partial charge < -0.3 is 13.9 Å². The predicted molar refractivity (Wildman–Crippen MR) is 155 cm³/mol. The first-order valence-electron chi connectivity index (χ1n) is 12.9.